The molecule has 0 unspecified atom stereocenters. The molecule has 1 aromatic heterocycles. The summed E-state index contributed by atoms with van der Waals surface area (Å²) in [5.74, 6) is 1.72. The first-order valence-electron chi connectivity index (χ1n) is 12.4. The number of allylic oxidation sites excluding steroid dienone is 3. The van der Waals surface area contributed by atoms with Crippen molar-refractivity contribution in [3.8, 4) is 17.0 Å². The molecule has 1 amide bonds. The van der Waals surface area contributed by atoms with Crippen LogP contribution >= 0.6 is 0 Å². The van der Waals surface area contributed by atoms with Crippen molar-refractivity contribution in [3.63, 3.8) is 0 Å². The van der Waals surface area contributed by atoms with Crippen molar-refractivity contribution >= 4 is 5.91 Å². The zero-order valence-corrected chi connectivity index (χ0v) is 22.2. The second-order valence-electron chi connectivity index (χ2n) is 7.96. The largest absolute Gasteiger partial charge is 0.458 e. The minimum atomic E-state index is 0.0895. The van der Waals surface area contributed by atoms with Gasteiger partial charge in [0.15, 0.2) is 0 Å². The summed E-state index contributed by atoms with van der Waals surface area (Å²) in [4.78, 5) is 19.5. The van der Waals surface area contributed by atoms with Gasteiger partial charge >= 0.3 is 0 Å². The number of hydrogen-bond donors (Lipinski definition) is 0. The van der Waals surface area contributed by atoms with E-state index in [0.717, 1.165) is 51.4 Å². The number of amides is 1. The Labute approximate surface area is 215 Å². The number of halogens is 1. The third-order valence-corrected chi connectivity index (χ3v) is 5.51. The number of fused-ring (bicyclic) bond motifs is 1. The number of rotatable bonds is 7. The smallest absolute Gasteiger partial charge is 0.255 e. The normalized spacial score (nSPS) is 12.5. The molecule has 2 heterocycles. The Hall–Kier alpha value is -3.73. The fourth-order valence-electron chi connectivity index (χ4n) is 4.06. The van der Waals surface area contributed by atoms with Crippen LogP contribution in [0.3, 0.4) is 0 Å². The van der Waals surface area contributed by atoms with Crippen molar-refractivity contribution in [2.75, 3.05) is 7.18 Å². The Morgan fingerprint density at radius 1 is 1.11 bits per heavy atom. The van der Waals surface area contributed by atoms with Gasteiger partial charge in [0.25, 0.3) is 5.91 Å². The molecule has 36 heavy (non-hydrogen) atoms. The van der Waals surface area contributed by atoms with E-state index < -0.39 is 0 Å². The lowest BCUT2D eigenvalue weighted by atomic mass is 9.98. The number of aryl methyl sites for hydroxylation is 1. The Balaban J connectivity index is 0.00000109. The van der Waals surface area contributed by atoms with Crippen LogP contribution in [0.15, 0.2) is 84.8 Å². The van der Waals surface area contributed by atoms with Crippen LogP contribution in [0.25, 0.3) is 11.3 Å². The van der Waals surface area contributed by atoms with Gasteiger partial charge in [0.2, 0.25) is 0 Å². The quantitative estimate of drug-likeness (QED) is 0.249. The van der Waals surface area contributed by atoms with Crippen molar-refractivity contribution in [2.45, 2.75) is 54.1 Å². The van der Waals surface area contributed by atoms with Crippen LogP contribution < -0.4 is 4.74 Å². The Morgan fingerprint density at radius 3 is 2.44 bits per heavy atom. The summed E-state index contributed by atoms with van der Waals surface area (Å²) in [6.45, 7) is 11.2. The van der Waals surface area contributed by atoms with E-state index >= 15 is 0 Å². The summed E-state index contributed by atoms with van der Waals surface area (Å²) in [7, 11) is 0.500. The topological polar surface area (TPSA) is 42.4 Å². The van der Waals surface area contributed by atoms with Crippen LogP contribution in [0.1, 0.15) is 61.2 Å². The van der Waals surface area contributed by atoms with E-state index in [0.29, 0.717) is 20.3 Å². The first-order chi connectivity index (χ1) is 17.6. The maximum absolute atomic E-state index is 13.1. The zero-order valence-electron chi connectivity index (χ0n) is 22.2. The number of ether oxygens (including phenoxy) is 1. The average molecular weight is 489 g/mol. The molecule has 1 aliphatic rings. The van der Waals surface area contributed by atoms with E-state index in [1.54, 1.807) is 6.20 Å². The van der Waals surface area contributed by atoms with Gasteiger partial charge in [0.1, 0.15) is 11.5 Å². The molecule has 0 radical (unpaired) electrons. The fraction of sp³-hybridized carbons (Fsp3) is 0.290. The molecular weight excluding hydrogens is 451 g/mol. The minimum absolute atomic E-state index is 0.0895. The van der Waals surface area contributed by atoms with Crippen molar-refractivity contribution in [2.24, 2.45) is 0 Å². The molecule has 5 heteroatoms. The molecule has 0 bridgehead atoms. The van der Waals surface area contributed by atoms with Gasteiger partial charge in [0, 0.05) is 30.4 Å². The van der Waals surface area contributed by atoms with Crippen molar-refractivity contribution in [1.82, 2.24) is 9.88 Å². The van der Waals surface area contributed by atoms with Gasteiger partial charge in [-0.2, -0.15) is 0 Å². The predicted molar refractivity (Wildman–Crippen MR) is 147 cm³/mol. The number of carbonyl (C=O) groups excluding carboxylic acids is 1. The van der Waals surface area contributed by atoms with Crippen LogP contribution in [0, 0.1) is 6.92 Å². The lowest BCUT2D eigenvalue weighted by molar-refractivity contribution is 0.0766. The van der Waals surface area contributed by atoms with Gasteiger partial charge in [-0.15, -0.1) is 0 Å². The molecule has 4 nitrogen and oxygen atoms in total. The summed E-state index contributed by atoms with van der Waals surface area (Å²) in [6.07, 6.45) is 8.68. The molecule has 2 aromatic carbocycles. The summed E-state index contributed by atoms with van der Waals surface area (Å²) >= 11 is 0. The molecule has 0 fully saturated rings. The molecule has 0 N–H and O–H groups in total. The molecule has 190 valence electrons. The minimum Gasteiger partial charge on any atom is -0.458 e. The van der Waals surface area contributed by atoms with Crippen LogP contribution in [0.2, 0.25) is 0 Å². The van der Waals surface area contributed by atoms with Crippen LogP contribution in [0.4, 0.5) is 4.39 Å². The molecule has 4 rings (SSSR count). The number of hydrogen-bond acceptors (Lipinski definition) is 3. The number of aromatic nitrogens is 1. The molecule has 1 aliphatic heterocycles. The molecule has 3 aromatic rings. The Bertz CT molecular complexity index is 1170. The van der Waals surface area contributed by atoms with Crippen molar-refractivity contribution in [1.29, 1.82) is 0 Å². The monoisotopic (exact) mass is 488 g/mol. The summed E-state index contributed by atoms with van der Waals surface area (Å²) in [5.41, 5.74) is 5.94. The standard InChI is InChI=1S/C28H28N2O2.C2H6.CH3F/c1-4-8-24(9-5-2)32-25-13-11-21(12-14-25)18-30-19-23-17-22(26-10-6-7-15-29-26)16-20(3)27(23)28(30)31;2*1-2/h4,6-17H,5,18-19H2,1-3H3;1-2H3;1H3/b8-4-,24-9+;;. The third-order valence-electron chi connectivity index (χ3n) is 5.51. The molecule has 0 spiro atoms. The zero-order chi connectivity index (χ0) is 26.5. The number of carbonyl (C=O) groups is 1. The highest BCUT2D eigenvalue weighted by Gasteiger charge is 2.29. The van der Waals surface area contributed by atoms with Crippen molar-refractivity contribution < 1.29 is 13.9 Å². The van der Waals surface area contributed by atoms with Gasteiger partial charge < -0.3 is 9.64 Å². The SMILES string of the molecule is C/C=C\C(=C/CC)Oc1ccc(CN2Cc3cc(-c4ccccn4)cc(C)c3C2=O)cc1.CC.CF. The molecule has 0 saturated carbocycles. The van der Waals surface area contributed by atoms with E-state index in [2.05, 4.69) is 30.1 Å². The van der Waals surface area contributed by atoms with Gasteiger partial charge in [-0.1, -0.05) is 45.0 Å². The highest BCUT2D eigenvalue weighted by Crippen LogP contribution is 2.32. The molecule has 0 saturated heterocycles. The first-order valence-corrected chi connectivity index (χ1v) is 12.4. The summed E-state index contributed by atoms with van der Waals surface area (Å²) in [6, 6.07) is 18.0. The Morgan fingerprint density at radius 2 is 1.83 bits per heavy atom. The number of alkyl halides is 1. The fourth-order valence-corrected chi connectivity index (χ4v) is 4.06. The second kappa shape index (κ2) is 14.6. The van der Waals surface area contributed by atoms with Crippen LogP contribution in [-0.2, 0) is 13.1 Å². The molecule has 0 atom stereocenters. The van der Waals surface area contributed by atoms with Gasteiger partial charge in [-0.3, -0.25) is 14.2 Å². The summed E-state index contributed by atoms with van der Waals surface area (Å²) in [5, 5.41) is 0. The van der Waals surface area contributed by atoms with Crippen LogP contribution in [0.5, 0.6) is 5.75 Å². The highest BCUT2D eigenvalue weighted by molar-refractivity contribution is 6.00. The van der Waals surface area contributed by atoms with Crippen molar-refractivity contribution in [3.05, 3.63) is 107 Å². The predicted octanol–water partition coefficient (Wildman–Crippen LogP) is 8.07. The van der Waals surface area contributed by atoms with Gasteiger partial charge in [-0.25, -0.2) is 0 Å². The lowest BCUT2D eigenvalue weighted by Gasteiger charge is -2.16. The lowest BCUT2D eigenvalue weighted by Crippen LogP contribution is -2.23. The maximum Gasteiger partial charge on any atom is 0.255 e. The van der Waals surface area contributed by atoms with Gasteiger partial charge in [-0.05, 0) is 85.5 Å². The van der Waals surface area contributed by atoms with Gasteiger partial charge in [0.05, 0.1) is 12.9 Å². The first kappa shape index (κ1) is 28.5. The van der Waals surface area contributed by atoms with E-state index in [-0.39, 0.29) is 5.91 Å². The highest BCUT2D eigenvalue weighted by atomic mass is 19.1. The molecule has 0 aliphatic carbocycles. The maximum atomic E-state index is 13.1. The summed E-state index contributed by atoms with van der Waals surface area (Å²) < 4.78 is 15.5. The van der Waals surface area contributed by atoms with E-state index in [9.17, 15) is 9.18 Å². The number of benzene rings is 2. The second-order valence-corrected chi connectivity index (χ2v) is 7.96. The van der Waals surface area contributed by atoms with E-state index in [4.69, 9.17) is 4.74 Å². The van der Waals surface area contributed by atoms with Crippen LogP contribution in [-0.4, -0.2) is 23.0 Å². The van der Waals surface area contributed by atoms with E-state index in [1.165, 1.54) is 0 Å². The Kier molecular flexibility index (Phi) is 11.6. The number of pyridine rings is 1. The average Bonchev–Trinajstić information content (AvgIpc) is 3.23. The number of nitrogens with zero attached hydrogens (tertiary/aromatic N) is 2. The third kappa shape index (κ3) is 7.14. The van der Waals surface area contributed by atoms with E-state index in [1.807, 2.05) is 87.2 Å². The molecular formula is C31H37FN2O2.